The molecule has 1 aromatic carbocycles. The minimum absolute atomic E-state index is 0.164. The molecule has 1 rings (SSSR count). The van der Waals surface area contributed by atoms with Gasteiger partial charge in [-0.1, -0.05) is 47.8 Å². The minimum atomic E-state index is 0.164. The summed E-state index contributed by atoms with van der Waals surface area (Å²) in [6, 6.07) is 4.30. The van der Waals surface area contributed by atoms with Crippen LogP contribution >= 0.6 is 34.8 Å². The lowest BCUT2D eigenvalue weighted by atomic mass is 10.1. The first-order chi connectivity index (χ1) is 7.47. The summed E-state index contributed by atoms with van der Waals surface area (Å²) >= 11 is 18.1. The molecule has 0 radical (unpaired) electrons. The summed E-state index contributed by atoms with van der Waals surface area (Å²) in [5.74, 6) is 0. The van der Waals surface area contributed by atoms with Gasteiger partial charge in [0.25, 0.3) is 0 Å². The molecule has 0 saturated carbocycles. The summed E-state index contributed by atoms with van der Waals surface area (Å²) in [5.41, 5.74) is 0.983. The van der Waals surface area contributed by atoms with Crippen molar-refractivity contribution in [3.8, 4) is 0 Å². The maximum Gasteiger partial charge on any atom is 0.0781 e. The van der Waals surface area contributed by atoms with Crippen LogP contribution in [0.15, 0.2) is 12.1 Å². The molecular formula is C12H16Cl3N. The molecule has 2 unspecified atom stereocenters. The summed E-state index contributed by atoms with van der Waals surface area (Å²) < 4.78 is 0. The van der Waals surface area contributed by atoms with Crippen molar-refractivity contribution >= 4 is 34.8 Å². The molecular weight excluding hydrogens is 264 g/mol. The van der Waals surface area contributed by atoms with Gasteiger partial charge in [-0.15, -0.1) is 0 Å². The molecule has 0 aromatic heterocycles. The second kappa shape index (κ2) is 6.11. The molecule has 0 fully saturated rings. The Bertz CT molecular complexity index is 366. The summed E-state index contributed by atoms with van der Waals surface area (Å²) in [6.07, 6.45) is 1.07. The van der Waals surface area contributed by atoms with Crippen LogP contribution in [-0.4, -0.2) is 6.04 Å². The highest BCUT2D eigenvalue weighted by molar-refractivity contribution is 6.48. The van der Waals surface area contributed by atoms with E-state index in [1.54, 1.807) is 6.07 Å². The first-order valence-corrected chi connectivity index (χ1v) is 6.50. The third-order valence-electron chi connectivity index (χ3n) is 2.68. The van der Waals surface area contributed by atoms with E-state index in [2.05, 4.69) is 26.1 Å². The fraction of sp³-hybridized carbons (Fsp3) is 0.500. The molecule has 1 aromatic rings. The number of hydrogen-bond donors (Lipinski definition) is 1. The van der Waals surface area contributed by atoms with Crippen molar-refractivity contribution in [3.05, 3.63) is 32.8 Å². The standard InChI is InChI=1S/C12H16Cl3N/c1-4-7(2)16-8(3)9-5-6-10(13)12(15)11(9)14/h5-8,16H,4H2,1-3H3. The van der Waals surface area contributed by atoms with E-state index in [0.717, 1.165) is 12.0 Å². The van der Waals surface area contributed by atoms with Gasteiger partial charge in [-0.3, -0.25) is 0 Å². The molecule has 0 aliphatic heterocycles. The van der Waals surface area contributed by atoms with Crippen molar-refractivity contribution in [2.45, 2.75) is 39.3 Å². The normalized spacial score (nSPS) is 14.9. The van der Waals surface area contributed by atoms with Gasteiger partial charge >= 0.3 is 0 Å². The van der Waals surface area contributed by atoms with Crippen LogP contribution in [0.4, 0.5) is 0 Å². The van der Waals surface area contributed by atoms with Crippen LogP contribution in [0.5, 0.6) is 0 Å². The topological polar surface area (TPSA) is 12.0 Å². The molecule has 0 spiro atoms. The summed E-state index contributed by atoms with van der Waals surface area (Å²) in [7, 11) is 0. The van der Waals surface area contributed by atoms with Crippen LogP contribution in [0, 0.1) is 0 Å². The monoisotopic (exact) mass is 279 g/mol. The molecule has 0 bridgehead atoms. The lowest BCUT2D eigenvalue weighted by molar-refractivity contribution is 0.469. The van der Waals surface area contributed by atoms with Gasteiger partial charge in [0.2, 0.25) is 0 Å². The predicted molar refractivity (Wildman–Crippen MR) is 72.8 cm³/mol. The Morgan fingerprint density at radius 1 is 1.12 bits per heavy atom. The van der Waals surface area contributed by atoms with Gasteiger partial charge in [0, 0.05) is 12.1 Å². The van der Waals surface area contributed by atoms with Gasteiger partial charge in [0.15, 0.2) is 0 Å². The van der Waals surface area contributed by atoms with E-state index in [0.29, 0.717) is 21.1 Å². The van der Waals surface area contributed by atoms with E-state index < -0.39 is 0 Å². The van der Waals surface area contributed by atoms with E-state index in [9.17, 15) is 0 Å². The van der Waals surface area contributed by atoms with Crippen molar-refractivity contribution in [1.82, 2.24) is 5.32 Å². The van der Waals surface area contributed by atoms with Gasteiger partial charge in [-0.25, -0.2) is 0 Å². The van der Waals surface area contributed by atoms with Crippen LogP contribution in [0.2, 0.25) is 15.1 Å². The average molecular weight is 281 g/mol. The van der Waals surface area contributed by atoms with E-state index in [4.69, 9.17) is 34.8 Å². The largest absolute Gasteiger partial charge is 0.308 e. The first-order valence-electron chi connectivity index (χ1n) is 5.36. The fourth-order valence-electron chi connectivity index (χ4n) is 1.51. The second-order valence-electron chi connectivity index (χ2n) is 3.96. The quantitative estimate of drug-likeness (QED) is 0.757. The zero-order chi connectivity index (χ0) is 12.3. The average Bonchev–Trinajstić information content (AvgIpc) is 2.25. The smallest absolute Gasteiger partial charge is 0.0781 e. The van der Waals surface area contributed by atoms with Crippen molar-refractivity contribution in [1.29, 1.82) is 0 Å². The van der Waals surface area contributed by atoms with Gasteiger partial charge < -0.3 is 5.32 Å². The predicted octanol–water partition coefficient (Wildman–Crippen LogP) is 5.10. The fourth-order valence-corrected chi connectivity index (χ4v) is 2.22. The van der Waals surface area contributed by atoms with Gasteiger partial charge in [0.1, 0.15) is 0 Å². The van der Waals surface area contributed by atoms with Crippen LogP contribution in [0.3, 0.4) is 0 Å². The Hall–Kier alpha value is 0.0500. The third-order valence-corrected chi connectivity index (χ3v) is 3.99. The van der Waals surface area contributed by atoms with Crippen LogP contribution < -0.4 is 5.32 Å². The Kier molecular flexibility index (Phi) is 5.39. The second-order valence-corrected chi connectivity index (χ2v) is 5.13. The highest BCUT2D eigenvalue weighted by Crippen LogP contribution is 2.35. The molecule has 1 N–H and O–H groups in total. The van der Waals surface area contributed by atoms with E-state index in [1.165, 1.54) is 0 Å². The molecule has 90 valence electrons. The Morgan fingerprint density at radius 3 is 2.31 bits per heavy atom. The SMILES string of the molecule is CCC(C)NC(C)c1ccc(Cl)c(Cl)c1Cl. The van der Waals surface area contributed by atoms with E-state index in [-0.39, 0.29) is 6.04 Å². The third kappa shape index (κ3) is 3.27. The van der Waals surface area contributed by atoms with Crippen LogP contribution in [0.1, 0.15) is 38.8 Å². The van der Waals surface area contributed by atoms with Crippen molar-refractivity contribution in [2.75, 3.05) is 0 Å². The molecule has 0 amide bonds. The van der Waals surface area contributed by atoms with Gasteiger partial charge in [-0.2, -0.15) is 0 Å². The number of nitrogens with one attached hydrogen (secondary N) is 1. The zero-order valence-electron chi connectivity index (χ0n) is 9.65. The molecule has 0 saturated heterocycles. The number of benzene rings is 1. The van der Waals surface area contributed by atoms with Crippen LogP contribution in [0.25, 0.3) is 0 Å². The number of rotatable bonds is 4. The maximum atomic E-state index is 6.16. The highest BCUT2D eigenvalue weighted by Gasteiger charge is 2.15. The van der Waals surface area contributed by atoms with Crippen molar-refractivity contribution in [2.24, 2.45) is 0 Å². The molecule has 4 heteroatoms. The summed E-state index contributed by atoms with van der Waals surface area (Å²) in [6.45, 7) is 6.35. The molecule has 0 heterocycles. The molecule has 0 aliphatic carbocycles. The molecule has 1 nitrogen and oxygen atoms in total. The summed E-state index contributed by atoms with van der Waals surface area (Å²) in [4.78, 5) is 0. The Labute approximate surface area is 112 Å². The van der Waals surface area contributed by atoms with Crippen molar-refractivity contribution < 1.29 is 0 Å². The minimum Gasteiger partial charge on any atom is -0.308 e. The van der Waals surface area contributed by atoms with Crippen LogP contribution in [-0.2, 0) is 0 Å². The lowest BCUT2D eigenvalue weighted by Gasteiger charge is -2.20. The summed E-state index contributed by atoms with van der Waals surface area (Å²) in [5, 5.41) is 4.91. The van der Waals surface area contributed by atoms with Gasteiger partial charge in [0.05, 0.1) is 15.1 Å². The lowest BCUT2D eigenvalue weighted by Crippen LogP contribution is -2.28. The Balaban J connectivity index is 2.92. The molecule has 16 heavy (non-hydrogen) atoms. The van der Waals surface area contributed by atoms with E-state index >= 15 is 0 Å². The number of hydrogen-bond acceptors (Lipinski definition) is 1. The van der Waals surface area contributed by atoms with E-state index in [1.807, 2.05) is 6.07 Å². The highest BCUT2D eigenvalue weighted by atomic mass is 35.5. The van der Waals surface area contributed by atoms with Crippen molar-refractivity contribution in [3.63, 3.8) is 0 Å². The number of halogens is 3. The Morgan fingerprint density at radius 2 is 1.75 bits per heavy atom. The maximum absolute atomic E-state index is 6.16. The first kappa shape index (κ1) is 14.1. The molecule has 0 aliphatic rings. The van der Waals surface area contributed by atoms with Gasteiger partial charge in [-0.05, 0) is 31.9 Å². The molecule has 2 atom stereocenters. The zero-order valence-corrected chi connectivity index (χ0v) is 11.9.